The van der Waals surface area contributed by atoms with E-state index in [0.717, 1.165) is 38.8 Å². The van der Waals surface area contributed by atoms with E-state index in [0.29, 0.717) is 11.8 Å². The molecule has 2 nitrogen and oxygen atoms in total. The van der Waals surface area contributed by atoms with E-state index in [1.165, 1.54) is 55.2 Å². The van der Waals surface area contributed by atoms with Crippen LogP contribution in [0.5, 0.6) is 0 Å². The van der Waals surface area contributed by atoms with Gasteiger partial charge in [0.1, 0.15) is 11.2 Å². The fourth-order valence-corrected chi connectivity index (χ4v) is 8.71. The van der Waals surface area contributed by atoms with Gasteiger partial charge in [0.2, 0.25) is 0 Å². The summed E-state index contributed by atoms with van der Waals surface area (Å²) in [5, 5.41) is 4.76. The Kier molecular flexibility index (Phi) is 5.82. The second-order valence-electron chi connectivity index (χ2n) is 13.6. The predicted octanol–water partition coefficient (Wildman–Crippen LogP) is 13.0. The van der Waals surface area contributed by atoms with E-state index in [-0.39, 0.29) is 0 Å². The van der Waals surface area contributed by atoms with Crippen LogP contribution in [-0.2, 0) is 0 Å². The quantitative estimate of drug-likeness (QED) is 0.188. The first-order chi connectivity index (χ1) is 24.8. The van der Waals surface area contributed by atoms with Crippen LogP contribution in [0.4, 0.5) is 0 Å². The largest absolute Gasteiger partial charge is 0.455 e. The summed E-state index contributed by atoms with van der Waals surface area (Å²) in [7, 11) is 0. The molecule has 2 aromatic heterocycles. The molecule has 0 saturated carbocycles. The molecule has 2 aliphatic carbocycles. The van der Waals surface area contributed by atoms with Gasteiger partial charge in [0.05, 0.1) is 11.0 Å². The lowest BCUT2D eigenvalue weighted by atomic mass is 9.69. The van der Waals surface area contributed by atoms with Crippen LogP contribution in [0.15, 0.2) is 180 Å². The molecule has 0 aliphatic heterocycles. The molecule has 0 bridgehead atoms. The van der Waals surface area contributed by atoms with Gasteiger partial charge in [0, 0.05) is 44.6 Å². The molecule has 0 N–H and O–H groups in total. The second-order valence-corrected chi connectivity index (χ2v) is 13.6. The van der Waals surface area contributed by atoms with Gasteiger partial charge in [0.15, 0.2) is 0 Å². The zero-order chi connectivity index (χ0) is 32.8. The summed E-state index contributed by atoms with van der Waals surface area (Å²) < 4.78 is 8.85. The summed E-state index contributed by atoms with van der Waals surface area (Å²) in [5.74, 6) is 0.756. The molecule has 0 radical (unpaired) electrons. The lowest BCUT2D eigenvalue weighted by Gasteiger charge is -2.34. The second kappa shape index (κ2) is 10.6. The Balaban J connectivity index is 1.06. The Morgan fingerprint density at radius 2 is 1.10 bits per heavy atom. The van der Waals surface area contributed by atoms with Gasteiger partial charge in [-0.25, -0.2) is 0 Å². The van der Waals surface area contributed by atoms with Gasteiger partial charge < -0.3 is 8.98 Å². The van der Waals surface area contributed by atoms with Crippen LogP contribution in [0.25, 0.3) is 82.8 Å². The summed E-state index contributed by atoms with van der Waals surface area (Å²) in [4.78, 5) is 0. The fourth-order valence-electron chi connectivity index (χ4n) is 8.71. The lowest BCUT2D eigenvalue weighted by molar-refractivity contribution is 0.670. The van der Waals surface area contributed by atoms with Crippen LogP contribution in [-0.4, -0.2) is 4.57 Å². The van der Waals surface area contributed by atoms with E-state index >= 15 is 0 Å². The molecule has 2 aliphatic rings. The van der Waals surface area contributed by atoms with E-state index in [2.05, 4.69) is 168 Å². The first kappa shape index (κ1) is 27.6. The first-order valence-electron chi connectivity index (χ1n) is 17.4. The van der Waals surface area contributed by atoms with E-state index in [9.17, 15) is 0 Å². The molecule has 2 heterocycles. The number of furan rings is 1. The van der Waals surface area contributed by atoms with E-state index in [4.69, 9.17) is 4.42 Å². The fraction of sp³-hybridized carbons (Fsp3) is 0.0417. The molecular weight excluding hydrogens is 607 g/mol. The van der Waals surface area contributed by atoms with Gasteiger partial charge in [-0.2, -0.15) is 0 Å². The van der Waals surface area contributed by atoms with Crippen molar-refractivity contribution in [1.82, 2.24) is 4.57 Å². The summed E-state index contributed by atoms with van der Waals surface area (Å²) in [5.41, 5.74) is 15.6. The molecule has 9 aromatic rings. The predicted molar refractivity (Wildman–Crippen MR) is 208 cm³/mol. The van der Waals surface area contributed by atoms with Crippen molar-refractivity contribution in [3.05, 3.63) is 187 Å². The van der Waals surface area contributed by atoms with Gasteiger partial charge in [-0.1, -0.05) is 133 Å². The van der Waals surface area contributed by atoms with Crippen molar-refractivity contribution in [1.29, 1.82) is 0 Å². The Bertz CT molecular complexity index is 2900. The minimum Gasteiger partial charge on any atom is -0.455 e. The van der Waals surface area contributed by atoms with Crippen LogP contribution in [0.2, 0.25) is 0 Å². The highest BCUT2D eigenvalue weighted by Gasteiger charge is 2.31. The summed E-state index contributed by atoms with van der Waals surface area (Å²) in [6.45, 7) is 0. The zero-order valence-electron chi connectivity index (χ0n) is 27.3. The van der Waals surface area contributed by atoms with E-state index in [1.54, 1.807) is 0 Å². The Morgan fingerprint density at radius 1 is 0.420 bits per heavy atom. The number of allylic oxidation sites excluding steroid dienone is 4. The minimum absolute atomic E-state index is 0.367. The van der Waals surface area contributed by atoms with E-state index < -0.39 is 0 Å². The summed E-state index contributed by atoms with van der Waals surface area (Å²) in [6, 6.07) is 55.4. The number of nitrogens with zero attached hydrogens (tertiary/aromatic N) is 1. The van der Waals surface area contributed by atoms with Crippen LogP contribution in [0.1, 0.15) is 23.0 Å². The maximum atomic E-state index is 6.44. The standard InChI is InChI=1S/C48H31NO/c1-2-15-37-35(13-1)36-14-3-4-16-38(36)43-28-31(23-25-39(37)43)30-11-9-12-33(27-30)49-45-21-7-5-17-40(45)44-29-32(24-26-46(44)49)34-19-10-20-42-41-18-6-8-22-47(41)50-48(34)42/h1-29,35,37H. The van der Waals surface area contributed by atoms with Crippen molar-refractivity contribution in [3.63, 3.8) is 0 Å². The third-order valence-corrected chi connectivity index (χ3v) is 11.0. The Labute approximate surface area is 289 Å². The summed E-state index contributed by atoms with van der Waals surface area (Å²) in [6.07, 6.45) is 9.12. The average molecular weight is 638 g/mol. The number of para-hydroxylation sites is 3. The Morgan fingerprint density at radius 3 is 2.02 bits per heavy atom. The third-order valence-electron chi connectivity index (χ3n) is 11.0. The monoisotopic (exact) mass is 637 g/mol. The lowest BCUT2D eigenvalue weighted by Crippen LogP contribution is -2.16. The molecule has 0 saturated heterocycles. The van der Waals surface area contributed by atoms with Crippen molar-refractivity contribution >= 4 is 43.7 Å². The van der Waals surface area contributed by atoms with Crippen LogP contribution in [0, 0.1) is 0 Å². The molecule has 2 heteroatoms. The van der Waals surface area contributed by atoms with Gasteiger partial charge in [-0.3, -0.25) is 0 Å². The maximum absolute atomic E-state index is 6.44. The highest BCUT2D eigenvalue weighted by atomic mass is 16.3. The zero-order valence-corrected chi connectivity index (χ0v) is 27.3. The van der Waals surface area contributed by atoms with Crippen molar-refractivity contribution in [3.8, 4) is 39.1 Å². The minimum atomic E-state index is 0.367. The number of hydrogen-bond acceptors (Lipinski definition) is 1. The van der Waals surface area contributed by atoms with Crippen molar-refractivity contribution in [2.24, 2.45) is 0 Å². The number of rotatable bonds is 3. The first-order valence-corrected chi connectivity index (χ1v) is 17.4. The summed E-state index contributed by atoms with van der Waals surface area (Å²) >= 11 is 0. The molecule has 0 spiro atoms. The molecule has 2 unspecified atom stereocenters. The Hall–Kier alpha value is -6.38. The normalized spacial score (nSPS) is 16.2. The van der Waals surface area contributed by atoms with Crippen molar-refractivity contribution in [2.75, 3.05) is 0 Å². The van der Waals surface area contributed by atoms with Crippen molar-refractivity contribution < 1.29 is 4.42 Å². The molecule has 0 amide bonds. The molecule has 234 valence electrons. The number of hydrogen-bond donors (Lipinski definition) is 0. The molecule has 50 heavy (non-hydrogen) atoms. The number of benzene rings is 7. The molecule has 0 fully saturated rings. The SMILES string of the molecule is C1=CC2c3ccccc3-c3cc(-c4cccc(-n5c6ccccc6c6cc(-c7cccc8c7oc7ccccc78)ccc65)c4)ccc3C2C=C1. The van der Waals surface area contributed by atoms with Crippen LogP contribution >= 0.6 is 0 Å². The third kappa shape index (κ3) is 3.96. The molecular formula is C48H31NO. The van der Waals surface area contributed by atoms with Crippen LogP contribution in [0.3, 0.4) is 0 Å². The average Bonchev–Trinajstić information content (AvgIpc) is 3.73. The van der Waals surface area contributed by atoms with Crippen molar-refractivity contribution in [2.45, 2.75) is 11.8 Å². The van der Waals surface area contributed by atoms with Gasteiger partial charge in [-0.15, -0.1) is 0 Å². The number of fused-ring (bicyclic) bond motifs is 12. The van der Waals surface area contributed by atoms with Crippen LogP contribution < -0.4 is 0 Å². The smallest absolute Gasteiger partial charge is 0.143 e. The van der Waals surface area contributed by atoms with Gasteiger partial charge >= 0.3 is 0 Å². The molecule has 11 rings (SSSR count). The highest BCUT2D eigenvalue weighted by molar-refractivity contribution is 6.13. The molecule has 7 aromatic carbocycles. The highest BCUT2D eigenvalue weighted by Crippen LogP contribution is 2.50. The molecule has 2 atom stereocenters. The van der Waals surface area contributed by atoms with Gasteiger partial charge in [-0.05, 0) is 81.4 Å². The number of aromatic nitrogens is 1. The van der Waals surface area contributed by atoms with Gasteiger partial charge in [0.25, 0.3) is 0 Å². The topological polar surface area (TPSA) is 18.1 Å². The maximum Gasteiger partial charge on any atom is 0.143 e. The van der Waals surface area contributed by atoms with E-state index in [1.807, 2.05) is 12.1 Å².